The van der Waals surface area contributed by atoms with E-state index in [0.29, 0.717) is 10.6 Å². The SMILES string of the molecule is NCC(F)(F)CNC(=O)Cc1cccc(Cl)c1. The lowest BCUT2D eigenvalue weighted by molar-refractivity contribution is -0.122. The zero-order chi connectivity index (χ0) is 12.9. The van der Waals surface area contributed by atoms with Crippen LogP contribution in [0.3, 0.4) is 0 Å². The molecule has 17 heavy (non-hydrogen) atoms. The highest BCUT2D eigenvalue weighted by Gasteiger charge is 2.26. The summed E-state index contributed by atoms with van der Waals surface area (Å²) >= 11 is 5.73. The number of hydrogen-bond acceptors (Lipinski definition) is 2. The Morgan fingerprint density at radius 2 is 2.18 bits per heavy atom. The maximum Gasteiger partial charge on any atom is 0.277 e. The van der Waals surface area contributed by atoms with Gasteiger partial charge >= 0.3 is 0 Å². The van der Waals surface area contributed by atoms with E-state index in [4.69, 9.17) is 17.3 Å². The van der Waals surface area contributed by atoms with Crippen LogP contribution in [0.15, 0.2) is 24.3 Å². The van der Waals surface area contributed by atoms with Gasteiger partial charge in [0, 0.05) is 5.02 Å². The number of nitrogens with one attached hydrogen (secondary N) is 1. The Kier molecular flexibility index (Phi) is 4.84. The van der Waals surface area contributed by atoms with Crippen LogP contribution in [0.2, 0.25) is 5.02 Å². The van der Waals surface area contributed by atoms with E-state index in [1.165, 1.54) is 0 Å². The van der Waals surface area contributed by atoms with Gasteiger partial charge in [-0.1, -0.05) is 23.7 Å². The Bertz CT molecular complexity index is 399. The number of carbonyl (C=O) groups excluding carboxylic acids is 1. The first-order chi connectivity index (χ1) is 7.93. The van der Waals surface area contributed by atoms with Crippen LogP contribution in [0.4, 0.5) is 8.78 Å². The summed E-state index contributed by atoms with van der Waals surface area (Å²) in [7, 11) is 0. The fourth-order valence-electron chi connectivity index (χ4n) is 1.19. The standard InChI is InChI=1S/C11H13ClF2N2O/c12-9-3-1-2-8(4-9)5-10(17)16-7-11(13,14)6-15/h1-4H,5-7,15H2,(H,16,17). The second-order valence-corrected chi connectivity index (χ2v) is 4.08. The summed E-state index contributed by atoms with van der Waals surface area (Å²) in [6, 6.07) is 6.68. The van der Waals surface area contributed by atoms with Gasteiger partial charge in [0.2, 0.25) is 5.91 Å². The van der Waals surface area contributed by atoms with Gasteiger partial charge < -0.3 is 11.1 Å². The molecule has 1 aromatic carbocycles. The van der Waals surface area contributed by atoms with E-state index in [-0.39, 0.29) is 6.42 Å². The number of carbonyl (C=O) groups is 1. The van der Waals surface area contributed by atoms with Crippen molar-refractivity contribution in [3.63, 3.8) is 0 Å². The molecule has 3 nitrogen and oxygen atoms in total. The van der Waals surface area contributed by atoms with Gasteiger partial charge in [-0.25, -0.2) is 8.78 Å². The molecule has 0 aliphatic heterocycles. The van der Waals surface area contributed by atoms with E-state index in [0.717, 1.165) is 0 Å². The third-order valence-electron chi connectivity index (χ3n) is 2.10. The predicted octanol–water partition coefficient (Wildman–Crippen LogP) is 1.59. The van der Waals surface area contributed by atoms with Crippen molar-refractivity contribution in [3.05, 3.63) is 34.9 Å². The van der Waals surface area contributed by atoms with Crippen LogP contribution in [-0.4, -0.2) is 24.9 Å². The molecule has 0 heterocycles. The fourth-order valence-corrected chi connectivity index (χ4v) is 1.41. The van der Waals surface area contributed by atoms with Crippen LogP contribution in [0.5, 0.6) is 0 Å². The molecule has 94 valence electrons. The Hall–Kier alpha value is -1.20. The zero-order valence-corrected chi connectivity index (χ0v) is 9.81. The smallest absolute Gasteiger partial charge is 0.277 e. The van der Waals surface area contributed by atoms with Gasteiger partial charge in [-0.05, 0) is 17.7 Å². The fraction of sp³-hybridized carbons (Fsp3) is 0.364. The molecule has 0 aliphatic rings. The molecule has 0 bridgehead atoms. The Morgan fingerprint density at radius 1 is 1.47 bits per heavy atom. The first kappa shape index (κ1) is 13.9. The van der Waals surface area contributed by atoms with Crippen LogP contribution < -0.4 is 11.1 Å². The molecule has 0 saturated carbocycles. The summed E-state index contributed by atoms with van der Waals surface area (Å²) in [4.78, 5) is 11.4. The third-order valence-corrected chi connectivity index (χ3v) is 2.33. The molecule has 1 amide bonds. The summed E-state index contributed by atoms with van der Waals surface area (Å²) in [6.45, 7) is -1.53. The Morgan fingerprint density at radius 3 is 2.76 bits per heavy atom. The quantitative estimate of drug-likeness (QED) is 0.847. The predicted molar refractivity (Wildman–Crippen MR) is 62.2 cm³/mol. The first-order valence-corrected chi connectivity index (χ1v) is 5.40. The molecule has 0 aliphatic carbocycles. The molecule has 0 unspecified atom stereocenters. The Labute approximate surface area is 103 Å². The number of amides is 1. The monoisotopic (exact) mass is 262 g/mol. The van der Waals surface area contributed by atoms with Gasteiger partial charge in [-0.3, -0.25) is 4.79 Å². The maximum absolute atomic E-state index is 12.8. The van der Waals surface area contributed by atoms with E-state index < -0.39 is 24.9 Å². The van der Waals surface area contributed by atoms with Crippen molar-refractivity contribution in [1.29, 1.82) is 0 Å². The van der Waals surface area contributed by atoms with Crippen LogP contribution in [0.1, 0.15) is 5.56 Å². The number of benzene rings is 1. The topological polar surface area (TPSA) is 55.1 Å². The molecular formula is C11H13ClF2N2O. The summed E-state index contributed by atoms with van der Waals surface area (Å²) in [5.74, 6) is -3.55. The lowest BCUT2D eigenvalue weighted by Crippen LogP contribution is -2.42. The average molecular weight is 263 g/mol. The van der Waals surface area contributed by atoms with Crippen LogP contribution in [-0.2, 0) is 11.2 Å². The summed E-state index contributed by atoms with van der Waals surface area (Å²) in [5.41, 5.74) is 5.52. The van der Waals surface area contributed by atoms with Crippen molar-refractivity contribution in [3.8, 4) is 0 Å². The highest BCUT2D eigenvalue weighted by Crippen LogP contribution is 2.12. The van der Waals surface area contributed by atoms with E-state index in [1.54, 1.807) is 24.3 Å². The lowest BCUT2D eigenvalue weighted by atomic mass is 10.1. The number of rotatable bonds is 5. The van der Waals surface area contributed by atoms with Gasteiger partial charge in [-0.2, -0.15) is 0 Å². The van der Waals surface area contributed by atoms with Crippen LogP contribution in [0.25, 0.3) is 0 Å². The van der Waals surface area contributed by atoms with Crippen molar-refractivity contribution in [2.75, 3.05) is 13.1 Å². The molecule has 0 spiro atoms. The minimum atomic E-state index is -3.07. The molecule has 0 saturated heterocycles. The summed E-state index contributed by atoms with van der Waals surface area (Å²) < 4.78 is 25.5. The summed E-state index contributed by atoms with van der Waals surface area (Å²) in [5, 5.41) is 2.63. The molecule has 1 aromatic rings. The van der Waals surface area contributed by atoms with Gasteiger partial charge in [0.15, 0.2) is 0 Å². The number of hydrogen-bond donors (Lipinski definition) is 2. The number of alkyl halides is 2. The van der Waals surface area contributed by atoms with Gasteiger partial charge in [0.1, 0.15) is 0 Å². The largest absolute Gasteiger partial charge is 0.350 e. The number of halogens is 3. The molecule has 3 N–H and O–H groups in total. The van der Waals surface area contributed by atoms with Gasteiger partial charge in [0.25, 0.3) is 5.92 Å². The van der Waals surface area contributed by atoms with E-state index in [2.05, 4.69) is 5.32 Å². The van der Waals surface area contributed by atoms with E-state index in [1.807, 2.05) is 0 Å². The molecule has 0 aromatic heterocycles. The molecule has 0 atom stereocenters. The molecule has 1 rings (SSSR count). The lowest BCUT2D eigenvalue weighted by Gasteiger charge is -2.14. The van der Waals surface area contributed by atoms with Gasteiger partial charge in [-0.15, -0.1) is 0 Å². The Balaban J connectivity index is 2.45. The van der Waals surface area contributed by atoms with Gasteiger partial charge in [0.05, 0.1) is 19.5 Å². The second kappa shape index (κ2) is 5.93. The van der Waals surface area contributed by atoms with Crippen molar-refractivity contribution >= 4 is 17.5 Å². The maximum atomic E-state index is 12.8. The highest BCUT2D eigenvalue weighted by molar-refractivity contribution is 6.30. The van der Waals surface area contributed by atoms with Crippen LogP contribution in [0, 0.1) is 0 Å². The van der Waals surface area contributed by atoms with Crippen molar-refractivity contribution in [1.82, 2.24) is 5.32 Å². The normalized spacial score (nSPS) is 11.3. The van der Waals surface area contributed by atoms with E-state index in [9.17, 15) is 13.6 Å². The van der Waals surface area contributed by atoms with Crippen molar-refractivity contribution in [2.24, 2.45) is 5.73 Å². The minimum Gasteiger partial charge on any atom is -0.350 e. The molecular weight excluding hydrogens is 250 g/mol. The molecule has 0 radical (unpaired) electrons. The second-order valence-electron chi connectivity index (χ2n) is 3.64. The molecule has 0 fully saturated rings. The van der Waals surface area contributed by atoms with Crippen molar-refractivity contribution in [2.45, 2.75) is 12.3 Å². The summed E-state index contributed by atoms with van der Waals surface area (Å²) in [6.07, 6.45) is 0.0151. The van der Waals surface area contributed by atoms with Crippen LogP contribution >= 0.6 is 11.6 Å². The zero-order valence-electron chi connectivity index (χ0n) is 9.05. The number of nitrogens with two attached hydrogens (primary N) is 1. The van der Waals surface area contributed by atoms with E-state index >= 15 is 0 Å². The average Bonchev–Trinajstić information content (AvgIpc) is 2.27. The highest BCUT2D eigenvalue weighted by atomic mass is 35.5. The van der Waals surface area contributed by atoms with Crippen molar-refractivity contribution < 1.29 is 13.6 Å². The first-order valence-electron chi connectivity index (χ1n) is 5.02. The molecule has 6 heteroatoms. The minimum absolute atomic E-state index is 0.0151. The third kappa shape index (κ3) is 5.10.